The number of alkyl carbamates (subject to hydrolysis) is 1. The highest BCUT2D eigenvalue weighted by Gasteiger charge is 2.68. The van der Waals surface area contributed by atoms with Gasteiger partial charge >= 0.3 is 12.1 Å². The number of carboxylic acid groups (broad SMARTS) is 1. The van der Waals surface area contributed by atoms with Gasteiger partial charge in [0.05, 0.1) is 0 Å². The van der Waals surface area contributed by atoms with E-state index in [0.29, 0.717) is 5.75 Å². The SMILES string of the molecule is CC1=CN2C(=O)C(NC(=O)C(NC(=O)OC(C)(C)C)Oc3ccccc3)(C(=O)O)[C@@H]2SC1. The molecule has 2 aliphatic heterocycles. The van der Waals surface area contributed by atoms with Crippen LogP contribution in [0, 0.1) is 0 Å². The summed E-state index contributed by atoms with van der Waals surface area (Å²) in [7, 11) is 0. The van der Waals surface area contributed by atoms with E-state index in [2.05, 4.69) is 10.6 Å². The molecule has 0 aliphatic carbocycles. The summed E-state index contributed by atoms with van der Waals surface area (Å²) in [5.41, 5.74) is -2.11. The molecule has 1 fully saturated rings. The number of hydrogen-bond acceptors (Lipinski definition) is 7. The van der Waals surface area contributed by atoms with Crippen molar-refractivity contribution in [1.29, 1.82) is 0 Å². The number of ether oxygens (including phenoxy) is 2. The molecule has 3 rings (SSSR count). The van der Waals surface area contributed by atoms with E-state index in [9.17, 15) is 24.3 Å². The molecule has 11 heteroatoms. The van der Waals surface area contributed by atoms with Crippen LogP contribution in [0.25, 0.3) is 0 Å². The number of benzene rings is 1. The quantitative estimate of drug-likeness (QED) is 0.330. The lowest BCUT2D eigenvalue weighted by Crippen LogP contribution is -2.82. The number of carbonyl (C=O) groups is 4. The number of nitrogens with one attached hydrogen (secondary N) is 2. The van der Waals surface area contributed by atoms with Gasteiger partial charge in [0.15, 0.2) is 0 Å². The van der Waals surface area contributed by atoms with Crippen LogP contribution in [-0.2, 0) is 19.1 Å². The lowest BCUT2D eigenvalue weighted by atomic mass is 9.87. The molecule has 32 heavy (non-hydrogen) atoms. The molecule has 2 heterocycles. The third kappa shape index (κ3) is 4.67. The molecule has 2 unspecified atom stereocenters. The monoisotopic (exact) mass is 463 g/mol. The van der Waals surface area contributed by atoms with Crippen molar-refractivity contribution in [2.45, 2.75) is 50.4 Å². The van der Waals surface area contributed by atoms with Crippen LogP contribution in [0.5, 0.6) is 5.75 Å². The number of β-lactam (4-membered cyclic amide) rings is 1. The van der Waals surface area contributed by atoms with Crippen LogP contribution in [0.15, 0.2) is 42.1 Å². The zero-order valence-corrected chi connectivity index (χ0v) is 18.9. The Kier molecular flexibility index (Phi) is 6.40. The molecule has 3 N–H and O–H groups in total. The fraction of sp³-hybridized carbons (Fsp3) is 0.429. The van der Waals surface area contributed by atoms with Crippen molar-refractivity contribution in [3.05, 3.63) is 42.1 Å². The second-order valence-corrected chi connectivity index (χ2v) is 9.48. The number of fused-ring (bicyclic) bond motifs is 1. The summed E-state index contributed by atoms with van der Waals surface area (Å²) in [6, 6.07) is 8.18. The fourth-order valence-corrected chi connectivity index (χ4v) is 4.52. The highest BCUT2D eigenvalue weighted by molar-refractivity contribution is 8.00. The average molecular weight is 464 g/mol. The Morgan fingerprint density at radius 3 is 2.50 bits per heavy atom. The number of para-hydroxylation sites is 1. The topological polar surface area (TPSA) is 134 Å². The van der Waals surface area contributed by atoms with Crippen molar-refractivity contribution in [3.63, 3.8) is 0 Å². The lowest BCUT2D eigenvalue weighted by molar-refractivity contribution is -0.170. The summed E-state index contributed by atoms with van der Waals surface area (Å²) in [5.74, 6) is -2.50. The van der Waals surface area contributed by atoms with Crippen LogP contribution in [0.2, 0.25) is 0 Å². The molecule has 172 valence electrons. The maximum Gasteiger partial charge on any atom is 0.410 e. The smallest absolute Gasteiger partial charge is 0.410 e. The van der Waals surface area contributed by atoms with E-state index >= 15 is 0 Å². The maximum atomic E-state index is 13.1. The summed E-state index contributed by atoms with van der Waals surface area (Å²) in [5, 5.41) is 13.6. The van der Waals surface area contributed by atoms with E-state index in [1.807, 2.05) is 6.92 Å². The molecule has 1 saturated heterocycles. The van der Waals surface area contributed by atoms with Gasteiger partial charge in [-0.1, -0.05) is 18.2 Å². The number of nitrogens with zero attached hydrogens (tertiary/aromatic N) is 1. The van der Waals surface area contributed by atoms with E-state index in [-0.39, 0.29) is 5.75 Å². The first kappa shape index (κ1) is 23.5. The summed E-state index contributed by atoms with van der Waals surface area (Å²) >= 11 is 1.23. The number of thioether (sulfide) groups is 1. The van der Waals surface area contributed by atoms with E-state index in [1.54, 1.807) is 57.3 Å². The Labute approximate surface area is 189 Å². The molecule has 1 aromatic carbocycles. The van der Waals surface area contributed by atoms with Crippen LogP contribution < -0.4 is 15.4 Å². The predicted octanol–water partition coefficient (Wildman–Crippen LogP) is 1.67. The second kappa shape index (κ2) is 8.73. The van der Waals surface area contributed by atoms with Crippen molar-refractivity contribution in [2.75, 3.05) is 5.75 Å². The lowest BCUT2D eigenvalue weighted by Gasteiger charge is -2.53. The van der Waals surface area contributed by atoms with Crippen LogP contribution in [0.3, 0.4) is 0 Å². The number of aliphatic carboxylic acids is 1. The maximum absolute atomic E-state index is 13.1. The highest BCUT2D eigenvalue weighted by atomic mass is 32.2. The molecule has 0 saturated carbocycles. The molecule has 2 aliphatic rings. The van der Waals surface area contributed by atoms with Gasteiger partial charge in [-0.25, -0.2) is 9.59 Å². The predicted molar refractivity (Wildman–Crippen MR) is 116 cm³/mol. The number of carbonyl (C=O) groups excluding carboxylic acids is 3. The molecule has 1 aromatic rings. The van der Waals surface area contributed by atoms with Crippen LogP contribution in [-0.4, -0.2) is 62.4 Å². The fourth-order valence-electron chi connectivity index (χ4n) is 3.20. The van der Waals surface area contributed by atoms with Gasteiger partial charge < -0.3 is 24.8 Å². The van der Waals surface area contributed by atoms with Gasteiger partial charge in [0, 0.05) is 12.0 Å². The number of carboxylic acids is 1. The van der Waals surface area contributed by atoms with Crippen molar-refractivity contribution < 1.29 is 33.8 Å². The third-order valence-electron chi connectivity index (χ3n) is 4.56. The van der Waals surface area contributed by atoms with E-state index in [1.165, 1.54) is 16.7 Å². The van der Waals surface area contributed by atoms with Crippen molar-refractivity contribution in [2.24, 2.45) is 0 Å². The van der Waals surface area contributed by atoms with Gasteiger partial charge in [-0.3, -0.25) is 14.9 Å². The molecule has 3 atom stereocenters. The molecular weight excluding hydrogens is 438 g/mol. The van der Waals surface area contributed by atoms with Gasteiger partial charge in [-0.15, -0.1) is 11.8 Å². The molecule has 3 amide bonds. The number of rotatable bonds is 6. The highest BCUT2D eigenvalue weighted by Crippen LogP contribution is 2.43. The number of hydrogen-bond donors (Lipinski definition) is 3. The standard InChI is InChI=1S/C21H25N3O7S/c1-12-10-24-16(26)21(18(27)28,17(24)32-11-12)23-14(25)15(22-19(29)31-20(2,3)4)30-13-8-6-5-7-9-13/h5-10,15,17H,11H2,1-4H3,(H,22,29)(H,23,25)(H,27,28)/t15?,17-,21?/m0/s1. The van der Waals surface area contributed by atoms with Gasteiger partial charge in [-0.2, -0.15) is 0 Å². The van der Waals surface area contributed by atoms with E-state index in [4.69, 9.17) is 9.47 Å². The number of amides is 3. The molecular formula is C21H25N3O7S. The van der Waals surface area contributed by atoms with Crippen LogP contribution in [0.4, 0.5) is 4.79 Å². The van der Waals surface area contributed by atoms with Crippen molar-refractivity contribution >= 4 is 35.6 Å². The third-order valence-corrected chi connectivity index (χ3v) is 6.08. The Bertz CT molecular complexity index is 960. The van der Waals surface area contributed by atoms with Crippen LogP contribution >= 0.6 is 11.8 Å². The average Bonchev–Trinajstić information content (AvgIpc) is 2.70. The van der Waals surface area contributed by atoms with E-state index < -0.39 is 46.6 Å². The molecule has 10 nitrogen and oxygen atoms in total. The van der Waals surface area contributed by atoms with Gasteiger partial charge in [0.1, 0.15) is 16.7 Å². The summed E-state index contributed by atoms with van der Waals surface area (Å²) < 4.78 is 10.8. The summed E-state index contributed by atoms with van der Waals surface area (Å²) in [6.07, 6.45) is -1.00. The molecule has 0 bridgehead atoms. The van der Waals surface area contributed by atoms with Gasteiger partial charge in [0.2, 0.25) is 5.54 Å². The summed E-state index contributed by atoms with van der Waals surface area (Å²) in [4.78, 5) is 51.5. The second-order valence-electron chi connectivity index (χ2n) is 8.41. The Hall–Kier alpha value is -3.21. The van der Waals surface area contributed by atoms with E-state index in [0.717, 1.165) is 5.57 Å². The zero-order chi connectivity index (χ0) is 23.7. The Balaban J connectivity index is 1.84. The first-order chi connectivity index (χ1) is 14.9. The first-order valence-corrected chi connectivity index (χ1v) is 10.9. The zero-order valence-electron chi connectivity index (χ0n) is 18.1. The van der Waals surface area contributed by atoms with Gasteiger partial charge in [-0.05, 0) is 45.4 Å². The Morgan fingerprint density at radius 2 is 1.91 bits per heavy atom. The largest absolute Gasteiger partial charge is 0.479 e. The Morgan fingerprint density at radius 1 is 1.25 bits per heavy atom. The summed E-state index contributed by atoms with van der Waals surface area (Å²) in [6.45, 7) is 6.77. The van der Waals surface area contributed by atoms with Crippen molar-refractivity contribution in [1.82, 2.24) is 15.5 Å². The minimum absolute atomic E-state index is 0.250. The molecule has 0 aromatic heterocycles. The minimum atomic E-state index is -2.17. The first-order valence-electron chi connectivity index (χ1n) is 9.82. The van der Waals surface area contributed by atoms with Crippen molar-refractivity contribution in [3.8, 4) is 5.75 Å². The molecule has 0 spiro atoms. The van der Waals surface area contributed by atoms with Crippen LogP contribution in [0.1, 0.15) is 27.7 Å². The van der Waals surface area contributed by atoms with Gasteiger partial charge in [0.25, 0.3) is 18.0 Å². The minimum Gasteiger partial charge on any atom is -0.479 e. The molecule has 0 radical (unpaired) electrons. The normalized spacial score (nSPS) is 23.1.